The monoisotopic (exact) mass is 338 g/mol. The lowest BCUT2D eigenvalue weighted by molar-refractivity contribution is -0.200. The molecular weight excluding hydrogens is 320 g/mol. The molecule has 1 aromatic heterocycles. The minimum absolute atomic E-state index is 0.259. The van der Waals surface area contributed by atoms with E-state index >= 15 is 0 Å². The van der Waals surface area contributed by atoms with Gasteiger partial charge in [0.2, 0.25) is 0 Å². The first-order valence-corrected chi connectivity index (χ1v) is 7.68. The first-order valence-electron chi connectivity index (χ1n) is 7.27. The SMILES string of the molecule is CC#COC[C@H]1O[C@@H](n2ccc(=O)[nH]c2=S)[C@@H]2OC(C)(C)O[C@H]21. The van der Waals surface area contributed by atoms with E-state index in [0.717, 1.165) is 0 Å². The molecule has 0 amide bonds. The van der Waals surface area contributed by atoms with E-state index in [2.05, 4.69) is 17.0 Å². The highest BCUT2D eigenvalue weighted by atomic mass is 32.1. The van der Waals surface area contributed by atoms with Crippen LogP contribution < -0.4 is 5.56 Å². The van der Waals surface area contributed by atoms with Gasteiger partial charge in [-0.05, 0) is 26.1 Å². The van der Waals surface area contributed by atoms with Crippen molar-refractivity contribution in [3.05, 3.63) is 27.4 Å². The molecule has 2 aliphatic heterocycles. The van der Waals surface area contributed by atoms with Gasteiger partial charge in [0.1, 0.15) is 31.0 Å². The van der Waals surface area contributed by atoms with Gasteiger partial charge in [-0.2, -0.15) is 0 Å². The molecule has 7 nitrogen and oxygen atoms in total. The highest BCUT2D eigenvalue weighted by Crippen LogP contribution is 2.42. The molecule has 0 spiro atoms. The van der Waals surface area contributed by atoms with Crippen LogP contribution in [0, 0.1) is 16.8 Å². The maximum absolute atomic E-state index is 11.4. The van der Waals surface area contributed by atoms with Gasteiger partial charge in [-0.3, -0.25) is 14.3 Å². The Morgan fingerprint density at radius 1 is 1.43 bits per heavy atom. The molecule has 0 aromatic carbocycles. The van der Waals surface area contributed by atoms with Crippen molar-refractivity contribution < 1.29 is 18.9 Å². The van der Waals surface area contributed by atoms with Gasteiger partial charge in [-0.25, -0.2) is 0 Å². The molecule has 1 aromatic rings. The summed E-state index contributed by atoms with van der Waals surface area (Å²) in [5, 5.41) is 0. The molecular formula is C15H18N2O5S. The molecule has 2 fully saturated rings. The van der Waals surface area contributed by atoms with E-state index in [1.54, 1.807) is 17.7 Å². The van der Waals surface area contributed by atoms with Crippen molar-refractivity contribution >= 4 is 12.2 Å². The molecule has 0 aliphatic carbocycles. The largest absolute Gasteiger partial charge is 0.444 e. The molecule has 3 heterocycles. The minimum Gasteiger partial charge on any atom is -0.444 e. The zero-order valence-electron chi connectivity index (χ0n) is 13.1. The fourth-order valence-corrected chi connectivity index (χ4v) is 3.11. The third kappa shape index (κ3) is 3.19. The van der Waals surface area contributed by atoms with Gasteiger partial charge in [0.05, 0.1) is 0 Å². The van der Waals surface area contributed by atoms with Crippen LogP contribution in [-0.4, -0.2) is 40.3 Å². The first-order chi connectivity index (χ1) is 10.9. The second-order valence-electron chi connectivity index (χ2n) is 5.81. The Bertz CT molecular complexity index is 759. The third-order valence-corrected chi connectivity index (χ3v) is 3.99. The van der Waals surface area contributed by atoms with E-state index in [9.17, 15) is 4.79 Å². The smallest absolute Gasteiger partial charge is 0.251 e. The van der Waals surface area contributed by atoms with Crippen LogP contribution >= 0.6 is 12.2 Å². The van der Waals surface area contributed by atoms with E-state index in [0.29, 0.717) is 0 Å². The lowest BCUT2D eigenvalue weighted by Gasteiger charge is -2.24. The summed E-state index contributed by atoms with van der Waals surface area (Å²) in [7, 11) is 0. The van der Waals surface area contributed by atoms with Gasteiger partial charge in [0.25, 0.3) is 5.56 Å². The van der Waals surface area contributed by atoms with Crippen LogP contribution in [0.25, 0.3) is 0 Å². The Morgan fingerprint density at radius 2 is 2.17 bits per heavy atom. The highest BCUT2D eigenvalue weighted by molar-refractivity contribution is 7.71. The summed E-state index contributed by atoms with van der Waals surface area (Å²) in [6, 6.07) is 1.39. The average molecular weight is 338 g/mol. The van der Waals surface area contributed by atoms with Gasteiger partial charge in [0.15, 0.2) is 16.8 Å². The maximum Gasteiger partial charge on any atom is 0.251 e. The summed E-state index contributed by atoms with van der Waals surface area (Å²) < 4.78 is 25.1. The molecule has 3 rings (SSSR count). The van der Waals surface area contributed by atoms with E-state index in [-0.39, 0.29) is 35.2 Å². The number of aromatic nitrogens is 2. The molecule has 1 N–H and O–H groups in total. The number of ether oxygens (including phenoxy) is 4. The molecule has 124 valence electrons. The Balaban J connectivity index is 1.89. The topological polar surface area (TPSA) is 74.7 Å². The van der Waals surface area contributed by atoms with Crippen molar-refractivity contribution in [3.8, 4) is 12.0 Å². The second-order valence-corrected chi connectivity index (χ2v) is 6.20. The zero-order chi connectivity index (χ0) is 16.6. The predicted octanol–water partition coefficient (Wildman–Crippen LogP) is 1.32. The van der Waals surface area contributed by atoms with Crippen LogP contribution in [0.4, 0.5) is 0 Å². The minimum atomic E-state index is -0.726. The number of hydrogen-bond acceptors (Lipinski definition) is 6. The molecule has 4 atom stereocenters. The van der Waals surface area contributed by atoms with Gasteiger partial charge in [-0.15, -0.1) is 0 Å². The van der Waals surface area contributed by atoms with Crippen LogP contribution in [0.3, 0.4) is 0 Å². The number of H-pyrrole nitrogens is 1. The van der Waals surface area contributed by atoms with E-state index in [4.69, 9.17) is 31.2 Å². The fraction of sp³-hybridized carbons (Fsp3) is 0.600. The van der Waals surface area contributed by atoms with Gasteiger partial charge in [0, 0.05) is 19.2 Å². The van der Waals surface area contributed by atoms with Crippen molar-refractivity contribution in [3.63, 3.8) is 0 Å². The van der Waals surface area contributed by atoms with Gasteiger partial charge >= 0.3 is 0 Å². The van der Waals surface area contributed by atoms with Crippen LogP contribution in [0.1, 0.15) is 27.0 Å². The van der Waals surface area contributed by atoms with Crippen molar-refractivity contribution in [1.29, 1.82) is 0 Å². The zero-order valence-corrected chi connectivity index (χ0v) is 13.9. The summed E-state index contributed by atoms with van der Waals surface area (Å²) in [5.41, 5.74) is -0.261. The number of nitrogens with zero attached hydrogens (tertiary/aromatic N) is 1. The number of fused-ring (bicyclic) bond motifs is 1. The van der Waals surface area contributed by atoms with Crippen molar-refractivity contribution in [2.75, 3.05) is 6.61 Å². The Hall–Kier alpha value is -1.66. The van der Waals surface area contributed by atoms with E-state index in [1.807, 2.05) is 13.8 Å². The van der Waals surface area contributed by atoms with Crippen LogP contribution in [-0.2, 0) is 18.9 Å². The summed E-state index contributed by atoms with van der Waals surface area (Å²) in [4.78, 5) is 13.9. The van der Waals surface area contributed by atoms with E-state index in [1.165, 1.54) is 6.07 Å². The maximum atomic E-state index is 11.4. The summed E-state index contributed by atoms with van der Waals surface area (Å²) in [6.07, 6.45) is 2.63. The average Bonchev–Trinajstić information content (AvgIpc) is 2.94. The normalized spacial score (nSPS) is 31.3. The molecule has 0 radical (unpaired) electrons. The van der Waals surface area contributed by atoms with Crippen LogP contribution in [0.5, 0.6) is 0 Å². The lowest BCUT2D eigenvalue weighted by Crippen LogP contribution is -2.32. The number of aromatic amines is 1. The first kappa shape index (κ1) is 16.2. The van der Waals surface area contributed by atoms with E-state index < -0.39 is 12.0 Å². The van der Waals surface area contributed by atoms with Crippen molar-refractivity contribution in [2.45, 2.75) is 51.1 Å². The Morgan fingerprint density at radius 3 is 2.87 bits per heavy atom. The molecule has 0 bridgehead atoms. The van der Waals surface area contributed by atoms with Crippen molar-refractivity contribution in [1.82, 2.24) is 9.55 Å². The lowest BCUT2D eigenvalue weighted by atomic mass is 10.1. The van der Waals surface area contributed by atoms with Crippen LogP contribution in [0.15, 0.2) is 17.1 Å². The van der Waals surface area contributed by atoms with Crippen molar-refractivity contribution in [2.24, 2.45) is 0 Å². The number of nitrogens with one attached hydrogen (secondary N) is 1. The molecule has 0 saturated carbocycles. The molecule has 2 saturated heterocycles. The van der Waals surface area contributed by atoms with Gasteiger partial charge < -0.3 is 18.9 Å². The highest BCUT2D eigenvalue weighted by Gasteiger charge is 2.56. The van der Waals surface area contributed by atoms with Gasteiger partial charge in [-0.1, -0.05) is 5.92 Å². The number of hydrogen-bond donors (Lipinski definition) is 1. The predicted molar refractivity (Wildman–Crippen MR) is 83.0 cm³/mol. The summed E-state index contributed by atoms with van der Waals surface area (Å²) >= 11 is 5.22. The van der Waals surface area contributed by atoms with Crippen LogP contribution in [0.2, 0.25) is 0 Å². The summed E-state index contributed by atoms with van der Waals surface area (Å²) in [5.74, 6) is 1.94. The molecule has 0 unspecified atom stereocenters. The Labute approximate surface area is 138 Å². The summed E-state index contributed by atoms with van der Waals surface area (Å²) in [6.45, 7) is 5.64. The fourth-order valence-electron chi connectivity index (χ4n) is 2.84. The Kier molecular flexibility index (Phi) is 4.29. The quantitative estimate of drug-likeness (QED) is 0.662. The molecule has 8 heteroatoms. The molecule has 23 heavy (non-hydrogen) atoms. The third-order valence-electron chi connectivity index (χ3n) is 3.67. The molecule has 2 aliphatic rings. The standard InChI is InChI=1S/C15H18N2O5S/c1-4-7-19-8-9-11-12(22-15(2,3)21-11)13(20-9)17-6-5-10(18)16-14(17)23/h5-6,9,11-13H,8H2,1-3H3,(H,16,18,23)/t9-,11+,12-,13-/m1/s1. The number of rotatable bonds is 3. The second kappa shape index (κ2) is 6.09.